The van der Waals surface area contributed by atoms with Gasteiger partial charge in [0.1, 0.15) is 0 Å². The number of alkyl halides is 1. The number of halogens is 1. The van der Waals surface area contributed by atoms with Crippen molar-refractivity contribution in [1.29, 1.82) is 0 Å². The molecule has 1 atom stereocenters. The van der Waals surface area contributed by atoms with Crippen LogP contribution in [0.3, 0.4) is 0 Å². The molecular formula is C4H6ClO. The number of carbonyl (C=O) groups excluding carboxylic acids is 1. The first-order chi connectivity index (χ1) is 2.81. The standard InChI is InChI=1S/C4H6ClO/c1-2-4(5)3-6/h4H,2H2,1H3/t4-/m0/s1. The predicted octanol–water partition coefficient (Wildman–Crippen LogP) is 1.11. The van der Waals surface area contributed by atoms with Gasteiger partial charge in [0.05, 0.1) is 5.38 Å². The maximum Gasteiger partial charge on any atom is 0.217 e. The summed E-state index contributed by atoms with van der Waals surface area (Å²) in [5.41, 5.74) is 0. The molecule has 0 fully saturated rings. The zero-order valence-corrected chi connectivity index (χ0v) is 4.33. The van der Waals surface area contributed by atoms with Crippen LogP contribution in [-0.4, -0.2) is 11.7 Å². The van der Waals surface area contributed by atoms with Crippen LogP contribution in [0.4, 0.5) is 0 Å². The van der Waals surface area contributed by atoms with Gasteiger partial charge in [-0.1, -0.05) is 6.92 Å². The smallest absolute Gasteiger partial charge is 0.217 e. The number of hydrogen-bond donors (Lipinski definition) is 0. The van der Waals surface area contributed by atoms with Crippen LogP contribution in [-0.2, 0) is 4.79 Å². The largest absolute Gasteiger partial charge is 0.289 e. The van der Waals surface area contributed by atoms with E-state index in [0.717, 1.165) is 0 Å². The lowest BCUT2D eigenvalue weighted by Gasteiger charge is -1.85. The van der Waals surface area contributed by atoms with Crippen LogP contribution in [0.5, 0.6) is 0 Å². The molecule has 0 aromatic rings. The van der Waals surface area contributed by atoms with Gasteiger partial charge in [-0.05, 0) is 6.42 Å². The van der Waals surface area contributed by atoms with E-state index in [-0.39, 0.29) is 0 Å². The van der Waals surface area contributed by atoms with Crippen molar-refractivity contribution >= 4 is 17.9 Å². The first kappa shape index (κ1) is 5.96. The fourth-order valence-corrected chi connectivity index (χ4v) is 0.0833. The van der Waals surface area contributed by atoms with Crippen LogP contribution in [0.25, 0.3) is 0 Å². The molecule has 2 heteroatoms. The van der Waals surface area contributed by atoms with E-state index in [1.165, 1.54) is 0 Å². The highest BCUT2D eigenvalue weighted by Gasteiger charge is 1.94. The summed E-state index contributed by atoms with van der Waals surface area (Å²) in [6.45, 7) is 1.84. The summed E-state index contributed by atoms with van der Waals surface area (Å²) in [5.74, 6) is 0. The lowest BCUT2D eigenvalue weighted by molar-refractivity contribution is 0.551. The Morgan fingerprint density at radius 1 is 2.00 bits per heavy atom. The summed E-state index contributed by atoms with van der Waals surface area (Å²) in [5, 5.41) is -0.398. The summed E-state index contributed by atoms with van der Waals surface area (Å²) < 4.78 is 0. The van der Waals surface area contributed by atoms with E-state index in [1.54, 1.807) is 6.29 Å². The summed E-state index contributed by atoms with van der Waals surface area (Å²) in [4.78, 5) is 9.48. The monoisotopic (exact) mass is 105 g/mol. The van der Waals surface area contributed by atoms with Gasteiger partial charge in [-0.15, -0.1) is 11.6 Å². The van der Waals surface area contributed by atoms with E-state index in [9.17, 15) is 4.79 Å². The molecule has 1 nitrogen and oxygen atoms in total. The van der Waals surface area contributed by atoms with Gasteiger partial charge < -0.3 is 0 Å². The van der Waals surface area contributed by atoms with Crippen LogP contribution in [0.2, 0.25) is 0 Å². The summed E-state index contributed by atoms with van der Waals surface area (Å²) in [6, 6.07) is 0. The van der Waals surface area contributed by atoms with Gasteiger partial charge >= 0.3 is 0 Å². The second kappa shape index (κ2) is 3.16. The fourth-order valence-electron chi connectivity index (χ4n) is 0.0833. The van der Waals surface area contributed by atoms with Crippen LogP contribution < -0.4 is 0 Å². The van der Waals surface area contributed by atoms with Crippen LogP contribution in [0, 0.1) is 0 Å². The molecule has 0 unspecified atom stereocenters. The third-order valence-corrected chi connectivity index (χ3v) is 0.884. The van der Waals surface area contributed by atoms with Gasteiger partial charge in [0.2, 0.25) is 6.29 Å². The molecule has 0 saturated heterocycles. The second-order valence-electron chi connectivity index (χ2n) is 0.994. The summed E-state index contributed by atoms with van der Waals surface area (Å²) >= 11 is 5.23. The van der Waals surface area contributed by atoms with E-state index in [4.69, 9.17) is 11.6 Å². The van der Waals surface area contributed by atoms with E-state index in [0.29, 0.717) is 6.42 Å². The Kier molecular flexibility index (Phi) is 3.14. The van der Waals surface area contributed by atoms with Gasteiger partial charge in [-0.2, -0.15) is 0 Å². The molecule has 35 valence electrons. The molecule has 0 aliphatic heterocycles. The zero-order chi connectivity index (χ0) is 4.99. The van der Waals surface area contributed by atoms with Crippen molar-refractivity contribution in [3.63, 3.8) is 0 Å². The average molecular weight is 106 g/mol. The summed E-state index contributed by atoms with van der Waals surface area (Å²) in [6.07, 6.45) is 2.30. The highest BCUT2D eigenvalue weighted by molar-refractivity contribution is 6.27. The third-order valence-electron chi connectivity index (χ3n) is 0.486. The Labute approximate surface area is 42.3 Å². The first-order valence-electron chi connectivity index (χ1n) is 1.83. The van der Waals surface area contributed by atoms with Crippen LogP contribution in [0.1, 0.15) is 13.3 Å². The number of rotatable bonds is 2. The first-order valence-corrected chi connectivity index (χ1v) is 2.26. The van der Waals surface area contributed by atoms with Crippen molar-refractivity contribution in [3.8, 4) is 0 Å². The molecule has 0 saturated carbocycles. The van der Waals surface area contributed by atoms with Crippen molar-refractivity contribution in [1.82, 2.24) is 0 Å². The van der Waals surface area contributed by atoms with E-state index >= 15 is 0 Å². The molecule has 0 aromatic carbocycles. The second-order valence-corrected chi connectivity index (χ2v) is 1.52. The Hall–Kier alpha value is -0.0400. The quantitative estimate of drug-likeness (QED) is 0.481. The minimum absolute atomic E-state index is 0.398. The maximum absolute atomic E-state index is 9.48. The predicted molar refractivity (Wildman–Crippen MR) is 25.6 cm³/mol. The molecule has 0 N–H and O–H groups in total. The van der Waals surface area contributed by atoms with Crippen molar-refractivity contribution in [2.24, 2.45) is 0 Å². The zero-order valence-electron chi connectivity index (χ0n) is 3.57. The number of hydrogen-bond acceptors (Lipinski definition) is 1. The van der Waals surface area contributed by atoms with Crippen molar-refractivity contribution in [2.45, 2.75) is 18.7 Å². The SMILES string of the molecule is CC[C@H](Cl)[C]=O. The molecule has 0 aromatic heterocycles. The van der Waals surface area contributed by atoms with Crippen LogP contribution in [0.15, 0.2) is 0 Å². The highest BCUT2D eigenvalue weighted by Crippen LogP contribution is 1.93. The van der Waals surface area contributed by atoms with Gasteiger partial charge in [-0.3, -0.25) is 4.79 Å². The fraction of sp³-hybridized carbons (Fsp3) is 0.750. The Morgan fingerprint density at radius 2 is 2.50 bits per heavy atom. The molecule has 0 aliphatic rings. The van der Waals surface area contributed by atoms with Crippen LogP contribution >= 0.6 is 11.6 Å². The minimum Gasteiger partial charge on any atom is -0.289 e. The van der Waals surface area contributed by atoms with Gasteiger partial charge in [0.25, 0.3) is 0 Å². The Balaban J connectivity index is 2.96. The molecule has 0 bridgehead atoms. The topological polar surface area (TPSA) is 17.1 Å². The maximum atomic E-state index is 9.48. The van der Waals surface area contributed by atoms with Gasteiger partial charge in [0.15, 0.2) is 0 Å². The average Bonchev–Trinajstić information content (AvgIpc) is 1.65. The lowest BCUT2D eigenvalue weighted by atomic mass is 10.4. The van der Waals surface area contributed by atoms with E-state index < -0.39 is 5.38 Å². The lowest BCUT2D eigenvalue weighted by Crippen LogP contribution is -1.93. The Bertz CT molecular complexity index is 44.8. The molecule has 0 spiro atoms. The van der Waals surface area contributed by atoms with Crippen molar-refractivity contribution < 1.29 is 4.79 Å². The molecule has 0 amide bonds. The minimum atomic E-state index is -0.398. The molecule has 1 radical (unpaired) electrons. The molecule has 0 heterocycles. The van der Waals surface area contributed by atoms with Gasteiger partial charge in [0, 0.05) is 0 Å². The third kappa shape index (κ3) is 2.21. The molecule has 6 heavy (non-hydrogen) atoms. The van der Waals surface area contributed by atoms with Crippen molar-refractivity contribution in [2.75, 3.05) is 0 Å². The Morgan fingerprint density at radius 3 is 2.50 bits per heavy atom. The molecular weight excluding hydrogens is 99.5 g/mol. The highest BCUT2D eigenvalue weighted by atomic mass is 35.5. The van der Waals surface area contributed by atoms with E-state index in [1.807, 2.05) is 6.92 Å². The molecule has 0 rings (SSSR count). The summed E-state index contributed by atoms with van der Waals surface area (Å²) in [7, 11) is 0. The molecule has 0 aliphatic carbocycles. The van der Waals surface area contributed by atoms with Crippen molar-refractivity contribution in [3.05, 3.63) is 0 Å². The van der Waals surface area contributed by atoms with E-state index in [2.05, 4.69) is 0 Å². The van der Waals surface area contributed by atoms with Gasteiger partial charge in [-0.25, -0.2) is 0 Å². The normalized spacial score (nSPS) is 13.7.